The number of hydrogen-bond acceptors (Lipinski definition) is 4. The van der Waals surface area contributed by atoms with Crippen molar-refractivity contribution in [2.24, 2.45) is 5.92 Å². The Hall–Kier alpha value is -1.75. The average molecular weight is 264 g/mol. The van der Waals surface area contributed by atoms with E-state index in [0.717, 1.165) is 19.5 Å². The molecule has 1 amide bonds. The highest BCUT2D eigenvalue weighted by molar-refractivity contribution is 5.97. The van der Waals surface area contributed by atoms with Crippen LogP contribution in [0.25, 0.3) is 0 Å². The molecular weight excluding hydrogens is 244 g/mol. The first-order chi connectivity index (χ1) is 9.24. The summed E-state index contributed by atoms with van der Waals surface area (Å²) in [5, 5.41) is 6.23. The van der Waals surface area contributed by atoms with Crippen molar-refractivity contribution in [2.45, 2.75) is 6.42 Å². The van der Waals surface area contributed by atoms with Gasteiger partial charge in [-0.05, 0) is 37.6 Å². The van der Waals surface area contributed by atoms with E-state index in [0.29, 0.717) is 29.5 Å². The van der Waals surface area contributed by atoms with Crippen LogP contribution in [0, 0.1) is 5.92 Å². The van der Waals surface area contributed by atoms with E-state index in [-0.39, 0.29) is 5.91 Å². The molecule has 1 fully saturated rings. The summed E-state index contributed by atoms with van der Waals surface area (Å²) in [6, 6.07) is 5.19. The largest absolute Gasteiger partial charge is 0.497 e. The van der Waals surface area contributed by atoms with Crippen LogP contribution in [0.5, 0.6) is 11.5 Å². The normalized spacial score (nSPS) is 18.1. The van der Waals surface area contributed by atoms with Crippen LogP contribution < -0.4 is 20.1 Å². The van der Waals surface area contributed by atoms with E-state index in [1.807, 2.05) is 0 Å². The number of rotatable bonds is 5. The van der Waals surface area contributed by atoms with Crippen LogP contribution in [-0.4, -0.2) is 39.8 Å². The van der Waals surface area contributed by atoms with Gasteiger partial charge in [-0.3, -0.25) is 4.79 Å². The summed E-state index contributed by atoms with van der Waals surface area (Å²) in [4.78, 5) is 12.1. The second kappa shape index (κ2) is 6.43. The van der Waals surface area contributed by atoms with E-state index in [2.05, 4.69) is 10.6 Å². The van der Waals surface area contributed by atoms with Crippen molar-refractivity contribution in [3.63, 3.8) is 0 Å². The number of hydrogen-bond donors (Lipinski definition) is 2. The highest BCUT2D eigenvalue weighted by Crippen LogP contribution is 2.24. The third kappa shape index (κ3) is 3.38. The summed E-state index contributed by atoms with van der Waals surface area (Å²) in [6.07, 6.45) is 1.11. The Morgan fingerprint density at radius 1 is 1.42 bits per heavy atom. The Bertz CT molecular complexity index is 442. The van der Waals surface area contributed by atoms with Crippen molar-refractivity contribution in [3.8, 4) is 11.5 Å². The second-order valence-corrected chi connectivity index (χ2v) is 4.64. The Morgan fingerprint density at radius 2 is 2.26 bits per heavy atom. The minimum atomic E-state index is -0.105. The lowest BCUT2D eigenvalue weighted by atomic mass is 10.1. The summed E-state index contributed by atoms with van der Waals surface area (Å²) in [6.45, 7) is 2.70. The number of benzene rings is 1. The zero-order valence-electron chi connectivity index (χ0n) is 11.4. The molecule has 1 aliphatic heterocycles. The molecule has 0 saturated carbocycles. The van der Waals surface area contributed by atoms with Gasteiger partial charge in [0.1, 0.15) is 11.5 Å². The molecule has 1 aromatic carbocycles. The van der Waals surface area contributed by atoms with Gasteiger partial charge in [-0.1, -0.05) is 0 Å². The highest BCUT2D eigenvalue weighted by Gasteiger charge is 2.17. The maximum absolute atomic E-state index is 12.1. The predicted molar refractivity (Wildman–Crippen MR) is 72.9 cm³/mol. The molecule has 0 bridgehead atoms. The van der Waals surface area contributed by atoms with Gasteiger partial charge in [0, 0.05) is 12.6 Å². The molecule has 1 saturated heterocycles. The number of carbonyl (C=O) groups is 1. The number of amides is 1. The van der Waals surface area contributed by atoms with Crippen molar-refractivity contribution in [2.75, 3.05) is 33.9 Å². The van der Waals surface area contributed by atoms with Gasteiger partial charge in [-0.25, -0.2) is 0 Å². The molecule has 1 heterocycles. The van der Waals surface area contributed by atoms with Gasteiger partial charge in [0.15, 0.2) is 0 Å². The van der Waals surface area contributed by atoms with Crippen molar-refractivity contribution < 1.29 is 14.3 Å². The summed E-state index contributed by atoms with van der Waals surface area (Å²) < 4.78 is 10.3. The summed E-state index contributed by atoms with van der Waals surface area (Å²) in [7, 11) is 3.13. The van der Waals surface area contributed by atoms with E-state index in [4.69, 9.17) is 9.47 Å². The summed E-state index contributed by atoms with van der Waals surface area (Å²) in [5.74, 6) is 1.62. The number of ether oxygens (including phenoxy) is 2. The van der Waals surface area contributed by atoms with E-state index >= 15 is 0 Å². The SMILES string of the molecule is COc1ccc(C(=O)NCC2CCNC2)c(OC)c1. The van der Waals surface area contributed by atoms with Crippen LogP contribution in [0.1, 0.15) is 16.8 Å². The molecule has 1 atom stereocenters. The molecule has 1 unspecified atom stereocenters. The standard InChI is InChI=1S/C14H20N2O3/c1-18-11-3-4-12(13(7-11)19-2)14(17)16-9-10-5-6-15-8-10/h3-4,7,10,15H,5-6,8-9H2,1-2H3,(H,16,17). The lowest BCUT2D eigenvalue weighted by molar-refractivity contribution is 0.0945. The van der Waals surface area contributed by atoms with E-state index < -0.39 is 0 Å². The lowest BCUT2D eigenvalue weighted by Crippen LogP contribution is -2.30. The second-order valence-electron chi connectivity index (χ2n) is 4.64. The van der Waals surface area contributed by atoms with Crippen molar-refractivity contribution >= 4 is 5.91 Å². The molecule has 2 rings (SSSR count). The van der Waals surface area contributed by atoms with Gasteiger partial charge in [0.25, 0.3) is 5.91 Å². The van der Waals surface area contributed by atoms with Crippen molar-refractivity contribution in [1.29, 1.82) is 0 Å². The summed E-state index contributed by atoms with van der Waals surface area (Å²) in [5.41, 5.74) is 0.536. The van der Waals surface area contributed by atoms with Crippen LogP contribution >= 0.6 is 0 Å². The molecule has 0 spiro atoms. The molecule has 104 valence electrons. The van der Waals surface area contributed by atoms with Crippen LogP contribution in [0.4, 0.5) is 0 Å². The van der Waals surface area contributed by atoms with Crippen LogP contribution in [-0.2, 0) is 0 Å². The molecule has 0 radical (unpaired) electrons. The fourth-order valence-corrected chi connectivity index (χ4v) is 2.21. The smallest absolute Gasteiger partial charge is 0.255 e. The first kappa shape index (κ1) is 13.7. The van der Waals surface area contributed by atoms with E-state index in [9.17, 15) is 4.79 Å². The molecule has 5 heteroatoms. The van der Waals surface area contributed by atoms with Gasteiger partial charge in [0.05, 0.1) is 19.8 Å². The first-order valence-electron chi connectivity index (χ1n) is 6.45. The fourth-order valence-electron chi connectivity index (χ4n) is 2.21. The zero-order valence-corrected chi connectivity index (χ0v) is 11.4. The number of methoxy groups -OCH3 is 2. The van der Waals surface area contributed by atoms with E-state index in [1.165, 1.54) is 0 Å². The minimum absolute atomic E-state index is 0.105. The van der Waals surface area contributed by atoms with Gasteiger partial charge in [-0.15, -0.1) is 0 Å². The van der Waals surface area contributed by atoms with Gasteiger partial charge in [0.2, 0.25) is 0 Å². The van der Waals surface area contributed by atoms with Gasteiger partial charge >= 0.3 is 0 Å². The molecule has 1 aromatic rings. The molecule has 0 aliphatic carbocycles. The third-order valence-electron chi connectivity index (χ3n) is 3.37. The van der Waals surface area contributed by atoms with Crippen molar-refractivity contribution in [3.05, 3.63) is 23.8 Å². The molecular formula is C14H20N2O3. The number of nitrogens with one attached hydrogen (secondary N) is 2. The predicted octanol–water partition coefficient (Wildman–Crippen LogP) is 1.04. The fraction of sp³-hybridized carbons (Fsp3) is 0.500. The lowest BCUT2D eigenvalue weighted by Gasteiger charge is -2.13. The Morgan fingerprint density at radius 3 is 2.89 bits per heavy atom. The third-order valence-corrected chi connectivity index (χ3v) is 3.37. The molecule has 2 N–H and O–H groups in total. The minimum Gasteiger partial charge on any atom is -0.497 e. The topological polar surface area (TPSA) is 59.6 Å². The highest BCUT2D eigenvalue weighted by atomic mass is 16.5. The zero-order chi connectivity index (χ0) is 13.7. The number of carbonyl (C=O) groups excluding carboxylic acids is 1. The van der Waals surface area contributed by atoms with Crippen LogP contribution in [0.15, 0.2) is 18.2 Å². The molecule has 19 heavy (non-hydrogen) atoms. The average Bonchev–Trinajstić information content (AvgIpc) is 2.97. The maximum atomic E-state index is 12.1. The van der Waals surface area contributed by atoms with Crippen molar-refractivity contribution in [1.82, 2.24) is 10.6 Å². The molecule has 0 aromatic heterocycles. The quantitative estimate of drug-likeness (QED) is 0.834. The van der Waals surface area contributed by atoms with Crippen LogP contribution in [0.2, 0.25) is 0 Å². The maximum Gasteiger partial charge on any atom is 0.255 e. The Kier molecular flexibility index (Phi) is 4.63. The first-order valence-corrected chi connectivity index (χ1v) is 6.45. The Labute approximate surface area is 113 Å². The van der Waals surface area contributed by atoms with E-state index in [1.54, 1.807) is 32.4 Å². The Balaban J connectivity index is 2.01. The van der Waals surface area contributed by atoms with Gasteiger partial charge in [-0.2, -0.15) is 0 Å². The van der Waals surface area contributed by atoms with Gasteiger partial charge < -0.3 is 20.1 Å². The molecule has 1 aliphatic rings. The monoisotopic (exact) mass is 264 g/mol. The molecule has 5 nitrogen and oxygen atoms in total. The summed E-state index contributed by atoms with van der Waals surface area (Å²) >= 11 is 0. The van der Waals surface area contributed by atoms with Crippen LogP contribution in [0.3, 0.4) is 0 Å².